The Kier molecular flexibility index (Phi) is 4.54. The van der Waals surface area contributed by atoms with Gasteiger partial charge in [-0.05, 0) is 25.0 Å². The number of rotatable bonds is 5. The molecule has 25 heavy (non-hydrogen) atoms. The minimum atomic E-state index is -0.546. The van der Waals surface area contributed by atoms with Gasteiger partial charge in [0.15, 0.2) is 0 Å². The van der Waals surface area contributed by atoms with Crippen LogP contribution in [0, 0.1) is 0 Å². The SMILES string of the molecule is O=C(Cn1cccn1)N1CCN(Cc2cc(C3CC3)n[nH]2)C[C@H](O)C1. The van der Waals surface area contributed by atoms with Crippen molar-refractivity contribution >= 4 is 5.91 Å². The normalized spacial score (nSPS) is 22.1. The molecule has 0 radical (unpaired) electrons. The predicted octanol–water partition coefficient (Wildman–Crippen LogP) is 0.189. The lowest BCUT2D eigenvalue weighted by molar-refractivity contribution is -0.132. The summed E-state index contributed by atoms with van der Waals surface area (Å²) in [6.07, 6.45) is 5.36. The molecule has 2 N–H and O–H groups in total. The number of aliphatic hydroxyl groups is 1. The summed E-state index contributed by atoms with van der Waals surface area (Å²) in [5.41, 5.74) is 2.23. The fourth-order valence-electron chi connectivity index (χ4n) is 3.35. The van der Waals surface area contributed by atoms with E-state index in [1.165, 1.54) is 12.8 Å². The Labute approximate surface area is 146 Å². The molecule has 2 aliphatic rings. The predicted molar refractivity (Wildman–Crippen MR) is 90.7 cm³/mol. The number of aromatic amines is 1. The van der Waals surface area contributed by atoms with Gasteiger partial charge in [-0.15, -0.1) is 0 Å². The number of carbonyl (C=O) groups is 1. The first-order valence-electron chi connectivity index (χ1n) is 8.87. The van der Waals surface area contributed by atoms with Crippen molar-refractivity contribution in [1.82, 2.24) is 29.8 Å². The molecule has 1 aliphatic carbocycles. The molecule has 4 rings (SSSR count). The highest BCUT2D eigenvalue weighted by molar-refractivity contribution is 5.76. The van der Waals surface area contributed by atoms with Crippen LogP contribution in [-0.2, 0) is 17.9 Å². The maximum Gasteiger partial charge on any atom is 0.244 e. The number of aliphatic hydroxyl groups excluding tert-OH is 1. The van der Waals surface area contributed by atoms with Crippen LogP contribution in [0.25, 0.3) is 0 Å². The van der Waals surface area contributed by atoms with Gasteiger partial charge < -0.3 is 10.0 Å². The van der Waals surface area contributed by atoms with Crippen molar-refractivity contribution in [3.05, 3.63) is 35.9 Å². The highest BCUT2D eigenvalue weighted by Crippen LogP contribution is 2.39. The molecule has 0 unspecified atom stereocenters. The van der Waals surface area contributed by atoms with Crippen LogP contribution < -0.4 is 0 Å². The summed E-state index contributed by atoms with van der Waals surface area (Å²) in [5, 5.41) is 21.9. The maximum absolute atomic E-state index is 12.4. The molecule has 2 aromatic heterocycles. The first-order chi connectivity index (χ1) is 12.2. The molecular weight excluding hydrogens is 320 g/mol. The average Bonchev–Trinajstić information content (AvgIpc) is 3.18. The van der Waals surface area contributed by atoms with Gasteiger partial charge in [0.1, 0.15) is 6.54 Å². The number of nitrogens with one attached hydrogen (secondary N) is 1. The van der Waals surface area contributed by atoms with E-state index in [4.69, 9.17) is 0 Å². The quantitative estimate of drug-likeness (QED) is 0.808. The molecular formula is C17H24N6O2. The molecule has 8 heteroatoms. The summed E-state index contributed by atoms with van der Waals surface area (Å²) in [5.74, 6) is 0.622. The minimum absolute atomic E-state index is 0.0119. The van der Waals surface area contributed by atoms with E-state index in [2.05, 4.69) is 26.3 Å². The zero-order valence-electron chi connectivity index (χ0n) is 14.2. The van der Waals surface area contributed by atoms with Gasteiger partial charge in [0.05, 0.1) is 11.8 Å². The molecule has 8 nitrogen and oxygen atoms in total. The number of aromatic nitrogens is 4. The van der Waals surface area contributed by atoms with Gasteiger partial charge in [-0.25, -0.2) is 0 Å². The highest BCUT2D eigenvalue weighted by atomic mass is 16.3. The van der Waals surface area contributed by atoms with Gasteiger partial charge in [0.25, 0.3) is 0 Å². The van der Waals surface area contributed by atoms with Crippen LogP contribution in [0.3, 0.4) is 0 Å². The van der Waals surface area contributed by atoms with Crippen LogP contribution in [0.5, 0.6) is 0 Å². The Hall–Kier alpha value is -2.19. The van der Waals surface area contributed by atoms with E-state index in [1.807, 2.05) is 0 Å². The summed E-state index contributed by atoms with van der Waals surface area (Å²) < 4.78 is 1.61. The third-order valence-corrected chi connectivity index (χ3v) is 4.84. The maximum atomic E-state index is 12.4. The highest BCUT2D eigenvalue weighted by Gasteiger charge is 2.27. The number of hydrogen-bond acceptors (Lipinski definition) is 5. The van der Waals surface area contributed by atoms with Gasteiger partial charge in [-0.1, -0.05) is 0 Å². The summed E-state index contributed by atoms with van der Waals surface area (Å²) >= 11 is 0. The number of amides is 1. The van der Waals surface area contributed by atoms with Crippen LogP contribution >= 0.6 is 0 Å². The smallest absolute Gasteiger partial charge is 0.244 e. The largest absolute Gasteiger partial charge is 0.390 e. The van der Waals surface area contributed by atoms with E-state index < -0.39 is 6.10 Å². The van der Waals surface area contributed by atoms with Crippen molar-refractivity contribution in [2.75, 3.05) is 26.2 Å². The second kappa shape index (κ2) is 6.97. The van der Waals surface area contributed by atoms with Crippen LogP contribution in [0.4, 0.5) is 0 Å². The number of carbonyl (C=O) groups excluding carboxylic acids is 1. The van der Waals surface area contributed by atoms with Crippen LogP contribution in [0.1, 0.15) is 30.1 Å². The Morgan fingerprint density at radius 2 is 2.20 bits per heavy atom. The van der Waals surface area contributed by atoms with Crippen molar-refractivity contribution in [3.8, 4) is 0 Å². The van der Waals surface area contributed by atoms with Crippen molar-refractivity contribution in [3.63, 3.8) is 0 Å². The molecule has 1 saturated heterocycles. The van der Waals surface area contributed by atoms with Crippen molar-refractivity contribution in [1.29, 1.82) is 0 Å². The first-order valence-corrected chi connectivity index (χ1v) is 8.87. The second-order valence-corrected chi connectivity index (χ2v) is 7.02. The number of hydrogen-bond donors (Lipinski definition) is 2. The van der Waals surface area contributed by atoms with E-state index in [9.17, 15) is 9.90 Å². The lowest BCUT2D eigenvalue weighted by atomic mass is 10.2. The third kappa shape index (κ3) is 4.08. The Morgan fingerprint density at radius 1 is 1.32 bits per heavy atom. The van der Waals surface area contributed by atoms with Gasteiger partial charge in [0.2, 0.25) is 5.91 Å². The summed E-state index contributed by atoms with van der Waals surface area (Å²) in [4.78, 5) is 16.3. The summed E-state index contributed by atoms with van der Waals surface area (Å²) in [7, 11) is 0. The standard InChI is InChI=1S/C17H24N6O2/c24-15-10-21(9-14-8-16(20-19-14)13-2-3-13)6-7-22(11-15)17(25)12-23-5-1-4-18-23/h1,4-5,8,13,15,24H,2-3,6-7,9-12H2,(H,19,20)/t15-/m0/s1. The van der Waals surface area contributed by atoms with Gasteiger partial charge in [0, 0.05) is 56.7 Å². The number of β-amino-alcohol motifs (C(OH)–C–C–N with tert-alkyl or cyclic N) is 1. The van der Waals surface area contributed by atoms with Gasteiger partial charge in [-0.2, -0.15) is 10.2 Å². The zero-order valence-corrected chi connectivity index (χ0v) is 14.2. The first kappa shape index (κ1) is 16.3. The molecule has 1 atom stereocenters. The summed E-state index contributed by atoms with van der Waals surface area (Å²) in [6.45, 7) is 3.21. The monoisotopic (exact) mass is 344 g/mol. The van der Waals surface area contributed by atoms with Gasteiger partial charge in [-0.3, -0.25) is 19.5 Å². The molecule has 2 aromatic rings. The topological polar surface area (TPSA) is 90.3 Å². The van der Waals surface area contributed by atoms with E-state index in [0.717, 1.165) is 24.5 Å². The molecule has 1 amide bonds. The fourth-order valence-corrected chi connectivity index (χ4v) is 3.35. The number of H-pyrrole nitrogens is 1. The van der Waals surface area contributed by atoms with Gasteiger partial charge >= 0.3 is 0 Å². The lowest BCUT2D eigenvalue weighted by Gasteiger charge is -2.21. The Balaban J connectivity index is 1.34. The minimum Gasteiger partial charge on any atom is -0.390 e. The Morgan fingerprint density at radius 3 is 2.96 bits per heavy atom. The van der Waals surface area contributed by atoms with E-state index in [0.29, 0.717) is 25.6 Å². The molecule has 3 heterocycles. The molecule has 0 aromatic carbocycles. The second-order valence-electron chi connectivity index (χ2n) is 7.02. The van der Waals surface area contributed by atoms with Crippen LogP contribution in [0.15, 0.2) is 24.5 Å². The van der Waals surface area contributed by atoms with E-state index in [-0.39, 0.29) is 12.5 Å². The van der Waals surface area contributed by atoms with Crippen molar-refractivity contribution < 1.29 is 9.90 Å². The Bertz CT molecular complexity index is 709. The molecule has 2 fully saturated rings. The average molecular weight is 344 g/mol. The number of nitrogens with zero attached hydrogens (tertiary/aromatic N) is 5. The molecule has 1 saturated carbocycles. The van der Waals surface area contributed by atoms with Crippen LogP contribution in [0.2, 0.25) is 0 Å². The van der Waals surface area contributed by atoms with E-state index in [1.54, 1.807) is 28.0 Å². The van der Waals surface area contributed by atoms with E-state index >= 15 is 0 Å². The third-order valence-electron chi connectivity index (χ3n) is 4.84. The van der Waals surface area contributed by atoms with Crippen molar-refractivity contribution in [2.24, 2.45) is 0 Å². The molecule has 0 spiro atoms. The molecule has 1 aliphatic heterocycles. The van der Waals surface area contributed by atoms with Crippen molar-refractivity contribution in [2.45, 2.75) is 38.0 Å². The molecule has 134 valence electrons. The van der Waals surface area contributed by atoms with Crippen LogP contribution in [-0.4, -0.2) is 73.1 Å². The summed E-state index contributed by atoms with van der Waals surface area (Å²) in [6, 6.07) is 3.93. The zero-order chi connectivity index (χ0) is 17.2. The molecule has 0 bridgehead atoms. The fraction of sp³-hybridized carbons (Fsp3) is 0.588. The lowest BCUT2D eigenvalue weighted by Crippen LogP contribution is -2.39.